The Morgan fingerprint density at radius 2 is 1.91 bits per heavy atom. The van der Waals surface area contributed by atoms with E-state index >= 15 is 0 Å². The highest BCUT2D eigenvalue weighted by atomic mass is 19.4. The molecule has 8 heteroatoms. The number of halogens is 3. The van der Waals surface area contributed by atoms with E-state index in [0.717, 1.165) is 12.1 Å². The second-order valence-corrected chi connectivity index (χ2v) is 5.10. The molecule has 1 aromatic rings. The second kappa shape index (κ2) is 6.25. The first-order valence-corrected chi connectivity index (χ1v) is 6.66. The van der Waals surface area contributed by atoms with Gasteiger partial charge in [-0.3, -0.25) is 9.59 Å². The predicted octanol–water partition coefficient (Wildman–Crippen LogP) is 1.46. The first-order valence-electron chi connectivity index (χ1n) is 6.66. The van der Waals surface area contributed by atoms with E-state index in [1.807, 2.05) is 0 Å². The molecule has 0 radical (unpaired) electrons. The summed E-state index contributed by atoms with van der Waals surface area (Å²) >= 11 is 0. The van der Waals surface area contributed by atoms with Crippen molar-refractivity contribution in [2.24, 2.45) is 11.7 Å². The zero-order chi connectivity index (χ0) is 16.3. The summed E-state index contributed by atoms with van der Waals surface area (Å²) in [5.41, 5.74) is 5.77. The van der Waals surface area contributed by atoms with Gasteiger partial charge in [0.25, 0.3) is 0 Å². The monoisotopic (exact) mass is 316 g/mol. The third kappa shape index (κ3) is 4.37. The third-order valence-electron chi connectivity index (χ3n) is 3.46. The van der Waals surface area contributed by atoms with Gasteiger partial charge in [0.1, 0.15) is 5.75 Å². The van der Waals surface area contributed by atoms with Crippen LogP contribution in [0, 0.1) is 5.92 Å². The molecule has 5 nitrogen and oxygen atoms in total. The molecule has 1 atom stereocenters. The molecule has 1 unspecified atom stereocenters. The molecule has 22 heavy (non-hydrogen) atoms. The van der Waals surface area contributed by atoms with Crippen LogP contribution in [0.2, 0.25) is 0 Å². The van der Waals surface area contributed by atoms with Gasteiger partial charge in [0.15, 0.2) is 0 Å². The SMILES string of the molecule is NC(=O)C1CCN(C(=O)Cc2ccc(OC(F)(F)F)cc2)C1. The molecular formula is C14H15F3N2O3. The normalized spacial score (nSPS) is 18.3. The minimum Gasteiger partial charge on any atom is -0.406 e. The van der Waals surface area contributed by atoms with Gasteiger partial charge in [0.05, 0.1) is 12.3 Å². The Balaban J connectivity index is 1.91. The molecule has 0 bridgehead atoms. The molecule has 1 aromatic carbocycles. The number of nitrogens with two attached hydrogens (primary N) is 1. The van der Waals surface area contributed by atoms with Crippen molar-refractivity contribution in [3.8, 4) is 5.75 Å². The standard InChI is InChI=1S/C14H15F3N2O3/c15-14(16,17)22-11-3-1-9(2-4-11)7-12(20)19-6-5-10(8-19)13(18)21/h1-4,10H,5-8H2,(H2,18,21). The van der Waals surface area contributed by atoms with E-state index in [0.29, 0.717) is 25.1 Å². The van der Waals surface area contributed by atoms with E-state index in [1.165, 1.54) is 17.0 Å². The summed E-state index contributed by atoms with van der Waals surface area (Å²) in [6.45, 7) is 0.755. The van der Waals surface area contributed by atoms with E-state index in [2.05, 4.69) is 4.74 Å². The fourth-order valence-electron chi connectivity index (χ4n) is 2.31. The molecule has 2 N–H and O–H groups in total. The molecular weight excluding hydrogens is 301 g/mol. The minimum absolute atomic E-state index is 0.0534. The number of amides is 2. The molecule has 1 aliphatic heterocycles. The Kier molecular flexibility index (Phi) is 4.58. The van der Waals surface area contributed by atoms with Crippen LogP contribution in [0.4, 0.5) is 13.2 Å². The molecule has 0 spiro atoms. The van der Waals surface area contributed by atoms with Crippen LogP contribution in [0.5, 0.6) is 5.75 Å². The summed E-state index contributed by atoms with van der Waals surface area (Å²) < 4.78 is 39.9. The van der Waals surface area contributed by atoms with Gasteiger partial charge in [0, 0.05) is 13.1 Å². The van der Waals surface area contributed by atoms with E-state index in [1.54, 1.807) is 0 Å². The number of likely N-dealkylation sites (tertiary alicyclic amines) is 1. The van der Waals surface area contributed by atoms with Gasteiger partial charge in [-0.25, -0.2) is 0 Å². The molecule has 2 rings (SSSR count). The zero-order valence-electron chi connectivity index (χ0n) is 11.6. The highest BCUT2D eigenvalue weighted by Gasteiger charge is 2.31. The first kappa shape index (κ1) is 16.1. The molecule has 1 aliphatic rings. The van der Waals surface area contributed by atoms with Crippen LogP contribution in [0.1, 0.15) is 12.0 Å². The van der Waals surface area contributed by atoms with E-state index in [9.17, 15) is 22.8 Å². The summed E-state index contributed by atoms with van der Waals surface area (Å²) in [4.78, 5) is 24.7. The van der Waals surface area contributed by atoms with Gasteiger partial charge in [-0.1, -0.05) is 12.1 Å². The summed E-state index contributed by atoms with van der Waals surface area (Å²) in [5, 5.41) is 0. The number of hydrogen-bond acceptors (Lipinski definition) is 3. The molecule has 0 saturated carbocycles. The van der Waals surface area contributed by atoms with E-state index in [-0.39, 0.29) is 24.0 Å². The molecule has 1 saturated heterocycles. The number of nitrogens with zero attached hydrogens (tertiary/aromatic N) is 1. The van der Waals surface area contributed by atoms with Crippen molar-refractivity contribution < 1.29 is 27.5 Å². The number of primary amides is 1. The van der Waals surface area contributed by atoms with Crippen LogP contribution in [0.25, 0.3) is 0 Å². The van der Waals surface area contributed by atoms with Crippen molar-refractivity contribution in [3.05, 3.63) is 29.8 Å². The summed E-state index contributed by atoms with van der Waals surface area (Å²) in [6.07, 6.45) is -4.14. The number of alkyl halides is 3. The van der Waals surface area contributed by atoms with Crippen molar-refractivity contribution in [3.63, 3.8) is 0 Å². The molecule has 120 valence electrons. The number of carbonyl (C=O) groups excluding carboxylic acids is 2. The van der Waals surface area contributed by atoms with Crippen molar-refractivity contribution >= 4 is 11.8 Å². The van der Waals surface area contributed by atoms with Gasteiger partial charge in [0.2, 0.25) is 11.8 Å². The number of benzene rings is 1. The Morgan fingerprint density at radius 1 is 1.27 bits per heavy atom. The Hall–Kier alpha value is -2.25. The minimum atomic E-state index is -4.74. The lowest BCUT2D eigenvalue weighted by Gasteiger charge is -2.16. The quantitative estimate of drug-likeness (QED) is 0.914. The lowest BCUT2D eigenvalue weighted by atomic mass is 10.1. The topological polar surface area (TPSA) is 72.6 Å². The molecule has 2 amide bonds. The number of ether oxygens (including phenoxy) is 1. The Morgan fingerprint density at radius 3 is 2.41 bits per heavy atom. The Labute approximate surface area is 124 Å². The molecule has 0 aromatic heterocycles. The molecule has 0 aliphatic carbocycles. The number of rotatable bonds is 4. The average molecular weight is 316 g/mol. The lowest BCUT2D eigenvalue weighted by Crippen LogP contribution is -2.32. The van der Waals surface area contributed by atoms with Crippen LogP contribution in [-0.2, 0) is 16.0 Å². The average Bonchev–Trinajstić information content (AvgIpc) is 2.89. The largest absolute Gasteiger partial charge is 0.573 e. The van der Waals surface area contributed by atoms with Gasteiger partial charge >= 0.3 is 6.36 Å². The van der Waals surface area contributed by atoms with Crippen LogP contribution in [-0.4, -0.2) is 36.2 Å². The van der Waals surface area contributed by atoms with Gasteiger partial charge in [-0.2, -0.15) is 0 Å². The smallest absolute Gasteiger partial charge is 0.406 e. The van der Waals surface area contributed by atoms with E-state index in [4.69, 9.17) is 5.73 Å². The summed E-state index contributed by atoms with van der Waals surface area (Å²) in [5.74, 6) is -1.28. The maximum atomic E-state index is 12.1. The van der Waals surface area contributed by atoms with Gasteiger partial charge < -0.3 is 15.4 Å². The van der Waals surface area contributed by atoms with Gasteiger partial charge in [-0.15, -0.1) is 13.2 Å². The fourth-order valence-corrected chi connectivity index (χ4v) is 2.31. The number of hydrogen-bond donors (Lipinski definition) is 1. The van der Waals surface area contributed by atoms with E-state index < -0.39 is 12.3 Å². The first-order chi connectivity index (χ1) is 10.2. The lowest BCUT2D eigenvalue weighted by molar-refractivity contribution is -0.274. The Bertz CT molecular complexity index is 557. The van der Waals surface area contributed by atoms with Crippen molar-refractivity contribution in [1.82, 2.24) is 4.90 Å². The van der Waals surface area contributed by atoms with Crippen LogP contribution >= 0.6 is 0 Å². The highest BCUT2D eigenvalue weighted by Crippen LogP contribution is 2.23. The zero-order valence-corrected chi connectivity index (χ0v) is 11.6. The molecule has 1 fully saturated rings. The van der Waals surface area contributed by atoms with Crippen molar-refractivity contribution in [2.75, 3.05) is 13.1 Å². The summed E-state index contributed by atoms with van der Waals surface area (Å²) in [7, 11) is 0. The number of carbonyl (C=O) groups is 2. The third-order valence-corrected chi connectivity index (χ3v) is 3.46. The predicted molar refractivity (Wildman–Crippen MR) is 70.7 cm³/mol. The van der Waals surface area contributed by atoms with Crippen LogP contribution in [0.15, 0.2) is 24.3 Å². The maximum Gasteiger partial charge on any atom is 0.573 e. The molecule has 1 heterocycles. The highest BCUT2D eigenvalue weighted by molar-refractivity contribution is 5.82. The van der Waals surface area contributed by atoms with Crippen molar-refractivity contribution in [1.29, 1.82) is 0 Å². The van der Waals surface area contributed by atoms with Crippen LogP contribution in [0.3, 0.4) is 0 Å². The summed E-state index contributed by atoms with van der Waals surface area (Å²) in [6, 6.07) is 5.12. The maximum absolute atomic E-state index is 12.1. The van der Waals surface area contributed by atoms with Crippen LogP contribution < -0.4 is 10.5 Å². The van der Waals surface area contributed by atoms with Crippen molar-refractivity contribution in [2.45, 2.75) is 19.2 Å². The second-order valence-electron chi connectivity index (χ2n) is 5.10. The fraction of sp³-hybridized carbons (Fsp3) is 0.429. The van der Waals surface area contributed by atoms with Gasteiger partial charge in [-0.05, 0) is 24.1 Å².